The van der Waals surface area contributed by atoms with Gasteiger partial charge in [-0.2, -0.15) is 0 Å². The van der Waals surface area contributed by atoms with Gasteiger partial charge in [-0.05, 0) is 57.0 Å². The standard InChI is InChI=1S/C16H21FN2OS/c1-18-7-2-3-12-10-19(8-6-14(12)18)16(20)11-4-5-13(17)15(21)9-11/h4-5,9,12,14,21H,2-3,6-8,10H2,1H3. The molecule has 1 aromatic rings. The van der Waals surface area contributed by atoms with Crippen molar-refractivity contribution >= 4 is 18.5 Å². The van der Waals surface area contributed by atoms with E-state index in [1.807, 2.05) is 4.90 Å². The summed E-state index contributed by atoms with van der Waals surface area (Å²) in [5.74, 6) is 0.178. The Morgan fingerprint density at radius 1 is 1.33 bits per heavy atom. The number of carbonyl (C=O) groups excluding carboxylic acids is 1. The molecule has 2 heterocycles. The molecule has 3 rings (SSSR count). The van der Waals surface area contributed by atoms with Crippen LogP contribution in [0.4, 0.5) is 4.39 Å². The van der Waals surface area contributed by atoms with Crippen LogP contribution in [0.3, 0.4) is 0 Å². The Balaban J connectivity index is 1.72. The lowest BCUT2D eigenvalue weighted by Crippen LogP contribution is -2.53. The molecule has 2 unspecified atom stereocenters. The summed E-state index contributed by atoms with van der Waals surface area (Å²) in [6, 6.07) is 5.00. The zero-order valence-corrected chi connectivity index (χ0v) is 13.2. The van der Waals surface area contributed by atoms with Gasteiger partial charge in [0, 0.05) is 29.6 Å². The number of nitrogens with zero attached hydrogens (tertiary/aromatic N) is 2. The number of thiol groups is 1. The lowest BCUT2D eigenvalue weighted by Gasteiger charge is -2.46. The molecule has 2 atom stereocenters. The van der Waals surface area contributed by atoms with Crippen LogP contribution in [0.5, 0.6) is 0 Å². The lowest BCUT2D eigenvalue weighted by atomic mass is 9.84. The number of hydrogen-bond donors (Lipinski definition) is 1. The van der Waals surface area contributed by atoms with E-state index in [4.69, 9.17) is 0 Å². The van der Waals surface area contributed by atoms with Crippen LogP contribution in [0.25, 0.3) is 0 Å². The Bertz CT molecular complexity index is 551. The van der Waals surface area contributed by atoms with E-state index in [0.29, 0.717) is 17.5 Å². The molecule has 0 aliphatic carbocycles. The first-order chi connectivity index (χ1) is 10.1. The number of rotatable bonds is 1. The summed E-state index contributed by atoms with van der Waals surface area (Å²) in [6.07, 6.45) is 3.43. The molecule has 0 spiro atoms. The van der Waals surface area contributed by atoms with Gasteiger partial charge in [-0.3, -0.25) is 4.79 Å². The predicted molar refractivity (Wildman–Crippen MR) is 83.3 cm³/mol. The van der Waals surface area contributed by atoms with Crippen LogP contribution < -0.4 is 0 Å². The van der Waals surface area contributed by atoms with Crippen LogP contribution in [0, 0.1) is 11.7 Å². The summed E-state index contributed by atoms with van der Waals surface area (Å²) in [7, 11) is 2.18. The largest absolute Gasteiger partial charge is 0.338 e. The molecule has 5 heteroatoms. The van der Waals surface area contributed by atoms with E-state index in [1.165, 1.54) is 25.0 Å². The van der Waals surface area contributed by atoms with Crippen molar-refractivity contribution in [3.8, 4) is 0 Å². The van der Waals surface area contributed by atoms with E-state index in [2.05, 4.69) is 24.6 Å². The molecule has 3 nitrogen and oxygen atoms in total. The van der Waals surface area contributed by atoms with Gasteiger partial charge in [-0.25, -0.2) is 4.39 Å². The highest BCUT2D eigenvalue weighted by Gasteiger charge is 2.35. The SMILES string of the molecule is CN1CCCC2CN(C(=O)c3ccc(F)c(S)c3)CCC21. The molecule has 1 amide bonds. The van der Waals surface area contributed by atoms with Gasteiger partial charge in [0.05, 0.1) is 0 Å². The fraction of sp³-hybridized carbons (Fsp3) is 0.562. The summed E-state index contributed by atoms with van der Waals surface area (Å²) < 4.78 is 13.3. The second-order valence-corrected chi connectivity index (χ2v) is 6.64. The summed E-state index contributed by atoms with van der Waals surface area (Å²) in [6.45, 7) is 2.76. The molecule has 0 N–H and O–H groups in total. The normalized spacial score (nSPS) is 26.5. The smallest absolute Gasteiger partial charge is 0.253 e. The van der Waals surface area contributed by atoms with Crippen LogP contribution in [-0.2, 0) is 0 Å². The van der Waals surface area contributed by atoms with Crippen LogP contribution in [0.15, 0.2) is 23.1 Å². The highest BCUT2D eigenvalue weighted by molar-refractivity contribution is 7.80. The Labute approximate surface area is 130 Å². The minimum absolute atomic E-state index is 0.00280. The minimum Gasteiger partial charge on any atom is -0.338 e. The lowest BCUT2D eigenvalue weighted by molar-refractivity contribution is 0.0316. The first-order valence-electron chi connectivity index (χ1n) is 7.54. The van der Waals surface area contributed by atoms with Crippen molar-refractivity contribution in [2.24, 2.45) is 5.92 Å². The van der Waals surface area contributed by atoms with Gasteiger partial charge < -0.3 is 9.80 Å². The van der Waals surface area contributed by atoms with Crippen molar-refractivity contribution in [3.63, 3.8) is 0 Å². The molecule has 0 radical (unpaired) electrons. The topological polar surface area (TPSA) is 23.6 Å². The number of amides is 1. The second-order valence-electron chi connectivity index (χ2n) is 6.16. The molecule has 1 aromatic carbocycles. The molecule has 0 bridgehead atoms. The summed E-state index contributed by atoms with van der Waals surface area (Å²) in [4.78, 5) is 17.2. The van der Waals surface area contributed by atoms with Gasteiger partial charge in [0.2, 0.25) is 0 Å². The summed E-state index contributed by atoms with van der Waals surface area (Å²) >= 11 is 4.06. The number of likely N-dealkylation sites (tertiary alicyclic amines) is 2. The molecule has 0 saturated carbocycles. The highest BCUT2D eigenvalue weighted by Crippen LogP contribution is 2.30. The number of carbonyl (C=O) groups is 1. The van der Waals surface area contributed by atoms with Gasteiger partial charge in [0.25, 0.3) is 5.91 Å². The first kappa shape index (κ1) is 14.9. The summed E-state index contributed by atoms with van der Waals surface area (Å²) in [5, 5.41) is 0. The van der Waals surface area contributed by atoms with E-state index in [0.717, 1.165) is 26.1 Å². The molecule has 2 aliphatic heterocycles. The summed E-state index contributed by atoms with van der Waals surface area (Å²) in [5.41, 5.74) is 0.531. The first-order valence-corrected chi connectivity index (χ1v) is 7.99. The Hall–Kier alpha value is -1.07. The Morgan fingerprint density at radius 2 is 2.14 bits per heavy atom. The maximum absolute atomic E-state index is 13.3. The number of piperidine rings is 2. The highest BCUT2D eigenvalue weighted by atomic mass is 32.1. The van der Waals surface area contributed by atoms with Crippen molar-refractivity contribution in [1.82, 2.24) is 9.80 Å². The van der Waals surface area contributed by atoms with Gasteiger partial charge in [-0.1, -0.05) is 0 Å². The third-order valence-electron chi connectivity index (χ3n) is 4.83. The fourth-order valence-electron chi connectivity index (χ4n) is 3.67. The van der Waals surface area contributed by atoms with Crippen molar-refractivity contribution in [1.29, 1.82) is 0 Å². The Kier molecular flexibility index (Phi) is 4.22. The van der Waals surface area contributed by atoms with E-state index in [1.54, 1.807) is 6.07 Å². The minimum atomic E-state index is -0.387. The Morgan fingerprint density at radius 3 is 2.90 bits per heavy atom. The maximum atomic E-state index is 13.3. The number of hydrogen-bond acceptors (Lipinski definition) is 3. The monoisotopic (exact) mass is 308 g/mol. The average Bonchev–Trinajstić information content (AvgIpc) is 2.49. The molecule has 0 aromatic heterocycles. The van der Waals surface area contributed by atoms with Crippen LogP contribution >= 0.6 is 12.6 Å². The molecule has 21 heavy (non-hydrogen) atoms. The van der Waals surface area contributed by atoms with Crippen LogP contribution in [0.1, 0.15) is 29.6 Å². The second kappa shape index (κ2) is 5.97. The quantitative estimate of drug-likeness (QED) is 0.806. The molecular formula is C16H21FN2OS. The molecule has 2 fully saturated rings. The molecular weight excluding hydrogens is 287 g/mol. The van der Waals surface area contributed by atoms with Crippen molar-refractivity contribution < 1.29 is 9.18 Å². The van der Waals surface area contributed by atoms with Crippen LogP contribution in [0.2, 0.25) is 0 Å². The van der Waals surface area contributed by atoms with Crippen molar-refractivity contribution in [2.75, 3.05) is 26.7 Å². The fourth-order valence-corrected chi connectivity index (χ4v) is 3.88. The molecule has 114 valence electrons. The third kappa shape index (κ3) is 2.94. The third-order valence-corrected chi connectivity index (χ3v) is 5.17. The van der Waals surface area contributed by atoms with Crippen molar-refractivity contribution in [3.05, 3.63) is 29.6 Å². The molecule has 2 aliphatic rings. The number of benzene rings is 1. The van der Waals surface area contributed by atoms with Crippen LogP contribution in [-0.4, -0.2) is 48.4 Å². The van der Waals surface area contributed by atoms with Gasteiger partial charge in [0.15, 0.2) is 0 Å². The maximum Gasteiger partial charge on any atom is 0.253 e. The van der Waals surface area contributed by atoms with E-state index >= 15 is 0 Å². The predicted octanol–water partition coefficient (Wildman–Crippen LogP) is 2.67. The van der Waals surface area contributed by atoms with E-state index in [-0.39, 0.29) is 16.6 Å². The van der Waals surface area contributed by atoms with Gasteiger partial charge in [0.1, 0.15) is 5.82 Å². The zero-order valence-electron chi connectivity index (χ0n) is 12.3. The van der Waals surface area contributed by atoms with Crippen molar-refractivity contribution in [2.45, 2.75) is 30.2 Å². The number of fused-ring (bicyclic) bond motifs is 1. The number of halogens is 1. The van der Waals surface area contributed by atoms with E-state index < -0.39 is 0 Å². The molecule has 2 saturated heterocycles. The van der Waals surface area contributed by atoms with E-state index in [9.17, 15) is 9.18 Å². The zero-order chi connectivity index (χ0) is 15.0. The van der Waals surface area contributed by atoms with Gasteiger partial charge >= 0.3 is 0 Å². The van der Waals surface area contributed by atoms with Gasteiger partial charge in [-0.15, -0.1) is 12.6 Å². The average molecular weight is 308 g/mol.